The Labute approximate surface area is 129 Å². The molecule has 118 valence electrons. The number of nitrogens with zero attached hydrogens (tertiary/aromatic N) is 2. The number of hydrogen-bond acceptors (Lipinski definition) is 2. The number of nitrogens with one attached hydrogen (secondary N) is 1. The minimum atomic E-state index is -4.41. The van der Waals surface area contributed by atoms with Crippen molar-refractivity contribution in [3.8, 4) is 11.1 Å². The Bertz CT molecular complexity index is 884. The van der Waals surface area contributed by atoms with E-state index in [-0.39, 0.29) is 5.91 Å². The van der Waals surface area contributed by atoms with E-state index in [0.717, 1.165) is 12.1 Å². The van der Waals surface area contributed by atoms with Crippen LogP contribution in [-0.2, 0) is 11.0 Å². The minimum absolute atomic E-state index is 0.281. The van der Waals surface area contributed by atoms with Crippen LogP contribution in [0.25, 0.3) is 16.8 Å². The standard InChI is InChI=1S/C16H12F3N3O/c1-10(23)21-14-8-12(9-22-6-5-20-15(14)22)11-3-2-4-13(7-11)16(17,18)19/h2-9H,1H3,(H,21,23). The van der Waals surface area contributed by atoms with E-state index in [2.05, 4.69) is 10.3 Å². The van der Waals surface area contributed by atoms with Crippen LogP contribution < -0.4 is 5.32 Å². The third kappa shape index (κ3) is 3.03. The van der Waals surface area contributed by atoms with Gasteiger partial charge in [0.05, 0.1) is 11.3 Å². The first-order chi connectivity index (χ1) is 10.8. The monoisotopic (exact) mass is 319 g/mol. The summed E-state index contributed by atoms with van der Waals surface area (Å²) in [6, 6.07) is 6.65. The van der Waals surface area contributed by atoms with Crippen molar-refractivity contribution < 1.29 is 18.0 Å². The van der Waals surface area contributed by atoms with Gasteiger partial charge in [-0.15, -0.1) is 0 Å². The fourth-order valence-corrected chi connectivity index (χ4v) is 2.35. The van der Waals surface area contributed by atoms with E-state index in [9.17, 15) is 18.0 Å². The van der Waals surface area contributed by atoms with Crippen molar-refractivity contribution >= 4 is 17.2 Å². The molecule has 0 bridgehead atoms. The van der Waals surface area contributed by atoms with E-state index in [4.69, 9.17) is 0 Å². The minimum Gasteiger partial charge on any atom is -0.323 e. The van der Waals surface area contributed by atoms with Crippen LogP contribution in [0.1, 0.15) is 12.5 Å². The number of halogens is 3. The predicted octanol–water partition coefficient (Wildman–Crippen LogP) is 3.98. The second-order valence-electron chi connectivity index (χ2n) is 5.06. The van der Waals surface area contributed by atoms with E-state index >= 15 is 0 Å². The first-order valence-electron chi connectivity index (χ1n) is 6.76. The van der Waals surface area contributed by atoms with Gasteiger partial charge in [0, 0.05) is 31.1 Å². The van der Waals surface area contributed by atoms with Gasteiger partial charge in [-0.3, -0.25) is 4.79 Å². The van der Waals surface area contributed by atoms with Crippen LogP contribution in [0, 0.1) is 0 Å². The van der Waals surface area contributed by atoms with Gasteiger partial charge < -0.3 is 9.72 Å². The molecule has 1 amide bonds. The maximum absolute atomic E-state index is 12.9. The highest BCUT2D eigenvalue weighted by Gasteiger charge is 2.30. The van der Waals surface area contributed by atoms with Crippen LogP contribution in [0.5, 0.6) is 0 Å². The summed E-state index contributed by atoms with van der Waals surface area (Å²) in [4.78, 5) is 15.4. The second-order valence-corrected chi connectivity index (χ2v) is 5.06. The topological polar surface area (TPSA) is 46.4 Å². The Morgan fingerprint density at radius 1 is 1.22 bits per heavy atom. The molecule has 4 nitrogen and oxygen atoms in total. The number of pyridine rings is 1. The van der Waals surface area contributed by atoms with Crippen molar-refractivity contribution in [3.63, 3.8) is 0 Å². The summed E-state index contributed by atoms with van der Waals surface area (Å²) in [6.45, 7) is 1.36. The number of hydrogen-bond donors (Lipinski definition) is 1. The molecule has 3 rings (SSSR count). The summed E-state index contributed by atoms with van der Waals surface area (Å²) in [7, 11) is 0. The quantitative estimate of drug-likeness (QED) is 0.776. The normalized spacial score (nSPS) is 11.7. The van der Waals surface area contributed by atoms with E-state index in [1.807, 2.05) is 0 Å². The second kappa shape index (κ2) is 5.42. The van der Waals surface area contributed by atoms with Crippen molar-refractivity contribution in [3.05, 3.63) is 54.5 Å². The number of carbonyl (C=O) groups excluding carboxylic acids is 1. The third-order valence-corrected chi connectivity index (χ3v) is 3.32. The molecule has 0 unspecified atom stereocenters. The van der Waals surface area contributed by atoms with Gasteiger partial charge >= 0.3 is 6.18 Å². The van der Waals surface area contributed by atoms with Crippen molar-refractivity contribution in [2.24, 2.45) is 0 Å². The molecule has 0 saturated heterocycles. The van der Waals surface area contributed by atoms with E-state index in [1.54, 1.807) is 35.1 Å². The number of rotatable bonds is 2. The molecule has 0 spiro atoms. The van der Waals surface area contributed by atoms with Gasteiger partial charge in [-0.05, 0) is 23.8 Å². The Hall–Kier alpha value is -2.83. The molecule has 0 atom stereocenters. The maximum Gasteiger partial charge on any atom is 0.416 e. The molecule has 0 saturated carbocycles. The highest BCUT2D eigenvalue weighted by atomic mass is 19.4. The lowest BCUT2D eigenvalue weighted by Crippen LogP contribution is -2.08. The van der Waals surface area contributed by atoms with Crippen LogP contribution in [0.4, 0.5) is 18.9 Å². The highest BCUT2D eigenvalue weighted by molar-refractivity contribution is 5.93. The molecule has 3 aromatic rings. The first-order valence-corrected chi connectivity index (χ1v) is 6.76. The van der Waals surface area contributed by atoms with Crippen LogP contribution in [0.3, 0.4) is 0 Å². The summed E-state index contributed by atoms with van der Waals surface area (Å²) < 4.78 is 40.3. The number of amides is 1. The van der Waals surface area contributed by atoms with Gasteiger partial charge in [0.15, 0.2) is 5.65 Å². The van der Waals surface area contributed by atoms with Crippen LogP contribution >= 0.6 is 0 Å². The summed E-state index contributed by atoms with van der Waals surface area (Å²) in [5.41, 5.74) is 1.20. The molecule has 0 aliphatic rings. The number of fused-ring (bicyclic) bond motifs is 1. The molecule has 0 aliphatic heterocycles. The molecule has 2 heterocycles. The summed E-state index contributed by atoms with van der Waals surface area (Å²) in [6.07, 6.45) is 0.479. The average molecular weight is 319 g/mol. The van der Waals surface area contributed by atoms with Crippen LogP contribution in [0.2, 0.25) is 0 Å². The van der Waals surface area contributed by atoms with Gasteiger partial charge in [-0.1, -0.05) is 12.1 Å². The molecular weight excluding hydrogens is 307 g/mol. The van der Waals surface area contributed by atoms with E-state index in [1.165, 1.54) is 13.0 Å². The molecule has 1 aromatic carbocycles. The van der Waals surface area contributed by atoms with Crippen LogP contribution in [0.15, 0.2) is 48.9 Å². The van der Waals surface area contributed by atoms with Gasteiger partial charge in [-0.2, -0.15) is 13.2 Å². The number of carbonyl (C=O) groups is 1. The number of benzene rings is 1. The number of aromatic nitrogens is 2. The van der Waals surface area contributed by atoms with Gasteiger partial charge in [0.2, 0.25) is 5.91 Å². The summed E-state index contributed by atoms with van der Waals surface area (Å²) in [5, 5.41) is 2.64. The summed E-state index contributed by atoms with van der Waals surface area (Å²) >= 11 is 0. The average Bonchev–Trinajstić information content (AvgIpc) is 2.94. The molecule has 7 heteroatoms. The highest BCUT2D eigenvalue weighted by Crippen LogP contribution is 2.33. The van der Waals surface area contributed by atoms with Crippen molar-refractivity contribution in [2.75, 3.05) is 5.32 Å². The SMILES string of the molecule is CC(=O)Nc1cc(-c2cccc(C(F)(F)F)c2)cn2ccnc12. The number of imidazole rings is 1. The molecule has 23 heavy (non-hydrogen) atoms. The fraction of sp³-hybridized carbons (Fsp3) is 0.125. The summed E-state index contributed by atoms with van der Waals surface area (Å²) in [5.74, 6) is -0.281. The smallest absolute Gasteiger partial charge is 0.323 e. The zero-order valence-electron chi connectivity index (χ0n) is 12.1. The van der Waals surface area contributed by atoms with Crippen LogP contribution in [-0.4, -0.2) is 15.3 Å². The lowest BCUT2D eigenvalue weighted by Gasteiger charge is -2.11. The zero-order valence-corrected chi connectivity index (χ0v) is 12.1. The maximum atomic E-state index is 12.9. The van der Waals surface area contributed by atoms with E-state index in [0.29, 0.717) is 22.5 Å². The molecular formula is C16H12F3N3O. The van der Waals surface area contributed by atoms with Gasteiger partial charge in [0.1, 0.15) is 0 Å². The molecule has 2 aromatic heterocycles. The third-order valence-electron chi connectivity index (χ3n) is 3.32. The van der Waals surface area contributed by atoms with E-state index < -0.39 is 11.7 Å². The lowest BCUT2D eigenvalue weighted by atomic mass is 10.0. The Balaban J connectivity index is 2.15. The molecule has 0 aliphatic carbocycles. The van der Waals surface area contributed by atoms with Gasteiger partial charge in [0.25, 0.3) is 0 Å². The van der Waals surface area contributed by atoms with Crippen molar-refractivity contribution in [1.29, 1.82) is 0 Å². The van der Waals surface area contributed by atoms with Crippen molar-refractivity contribution in [1.82, 2.24) is 9.38 Å². The first kappa shape index (κ1) is 15.1. The Morgan fingerprint density at radius 3 is 2.70 bits per heavy atom. The largest absolute Gasteiger partial charge is 0.416 e. The lowest BCUT2D eigenvalue weighted by molar-refractivity contribution is -0.137. The van der Waals surface area contributed by atoms with Crippen molar-refractivity contribution in [2.45, 2.75) is 13.1 Å². The molecule has 0 radical (unpaired) electrons. The molecule has 0 fully saturated rings. The number of alkyl halides is 3. The predicted molar refractivity (Wildman–Crippen MR) is 79.9 cm³/mol. The Morgan fingerprint density at radius 2 is 2.00 bits per heavy atom. The fourth-order valence-electron chi connectivity index (χ4n) is 2.35. The molecule has 1 N–H and O–H groups in total. The van der Waals surface area contributed by atoms with Gasteiger partial charge in [-0.25, -0.2) is 4.98 Å². The Kier molecular flexibility index (Phi) is 3.55. The number of anilines is 1. The zero-order chi connectivity index (χ0) is 16.6.